The third-order valence-electron chi connectivity index (χ3n) is 4.92. The Bertz CT molecular complexity index is 1130. The van der Waals surface area contributed by atoms with Crippen molar-refractivity contribution in [1.82, 2.24) is 25.6 Å². The Labute approximate surface area is 200 Å². The van der Waals surface area contributed by atoms with Gasteiger partial charge >= 0.3 is 0 Å². The van der Waals surface area contributed by atoms with Crippen LogP contribution in [0.4, 0.5) is 5.95 Å². The van der Waals surface area contributed by atoms with E-state index in [1.807, 2.05) is 35.8 Å². The van der Waals surface area contributed by atoms with Crippen LogP contribution in [0.1, 0.15) is 15.9 Å². The van der Waals surface area contributed by atoms with Gasteiger partial charge in [-0.1, -0.05) is 35.5 Å². The van der Waals surface area contributed by atoms with Gasteiger partial charge in [-0.25, -0.2) is 0 Å². The summed E-state index contributed by atoms with van der Waals surface area (Å²) in [6.07, 6.45) is 0. The average molecular weight is 487 g/mol. The minimum Gasteiger partial charge on any atom is -0.378 e. The van der Waals surface area contributed by atoms with E-state index in [0.717, 1.165) is 11.3 Å². The molecule has 0 atom stereocenters. The number of morpholine rings is 1. The summed E-state index contributed by atoms with van der Waals surface area (Å²) in [6, 6.07) is 14.4. The second-order valence-corrected chi connectivity index (χ2v) is 8.73. The van der Waals surface area contributed by atoms with Crippen LogP contribution in [-0.2, 0) is 9.53 Å². The fourth-order valence-corrected chi connectivity index (χ4v) is 4.16. The van der Waals surface area contributed by atoms with Crippen LogP contribution in [0.5, 0.6) is 0 Å². The van der Waals surface area contributed by atoms with Crippen molar-refractivity contribution in [3.05, 3.63) is 64.7 Å². The highest BCUT2D eigenvalue weighted by Gasteiger charge is 2.22. The quantitative estimate of drug-likeness (QED) is 0.408. The molecule has 1 saturated heterocycles. The molecule has 3 aromatic rings. The number of thioether (sulfide) groups is 1. The van der Waals surface area contributed by atoms with Crippen LogP contribution in [0.2, 0.25) is 5.02 Å². The maximum atomic E-state index is 12.4. The van der Waals surface area contributed by atoms with Gasteiger partial charge in [0.1, 0.15) is 0 Å². The number of aromatic nitrogens is 3. The lowest BCUT2D eigenvalue weighted by Gasteiger charge is -2.28. The number of carbonyl (C=O) groups is 2. The fourth-order valence-electron chi connectivity index (χ4n) is 3.28. The van der Waals surface area contributed by atoms with E-state index >= 15 is 0 Å². The Morgan fingerprint density at radius 1 is 1.09 bits per heavy atom. The highest BCUT2D eigenvalue weighted by atomic mass is 35.5. The summed E-state index contributed by atoms with van der Waals surface area (Å²) in [5.74, 6) is -0.0343. The Morgan fingerprint density at radius 3 is 2.58 bits per heavy atom. The molecule has 4 rings (SSSR count). The molecule has 0 radical (unpaired) electrons. The molecule has 1 aliphatic rings. The molecule has 0 aliphatic carbocycles. The molecule has 0 saturated carbocycles. The number of benzene rings is 2. The van der Waals surface area contributed by atoms with Gasteiger partial charge in [0.2, 0.25) is 11.9 Å². The summed E-state index contributed by atoms with van der Waals surface area (Å²) in [4.78, 5) is 26.7. The van der Waals surface area contributed by atoms with Gasteiger partial charge in [-0.3, -0.25) is 25.0 Å². The first-order valence-electron chi connectivity index (χ1n) is 10.3. The summed E-state index contributed by atoms with van der Waals surface area (Å²) in [5, 5.41) is 9.84. The molecule has 1 aromatic heterocycles. The Balaban J connectivity index is 1.44. The highest BCUT2D eigenvalue weighted by molar-refractivity contribution is 7.99. The molecule has 0 bridgehead atoms. The van der Waals surface area contributed by atoms with Crippen LogP contribution in [0.3, 0.4) is 0 Å². The predicted molar refractivity (Wildman–Crippen MR) is 127 cm³/mol. The first-order valence-corrected chi connectivity index (χ1v) is 11.7. The number of anilines is 1. The van der Waals surface area contributed by atoms with Gasteiger partial charge in [0.05, 0.1) is 24.7 Å². The van der Waals surface area contributed by atoms with Crippen molar-refractivity contribution in [2.45, 2.75) is 12.1 Å². The van der Waals surface area contributed by atoms with E-state index in [1.54, 1.807) is 24.3 Å². The SMILES string of the molecule is Cc1cccc(-n2c(SCC(=O)NNC(=O)c3ccc(Cl)cc3)nnc2N2CCOCC2)c1. The molecule has 33 heavy (non-hydrogen) atoms. The molecule has 0 spiro atoms. The predicted octanol–water partition coefficient (Wildman–Crippen LogP) is 2.62. The van der Waals surface area contributed by atoms with E-state index in [4.69, 9.17) is 16.3 Å². The lowest BCUT2D eigenvalue weighted by atomic mass is 10.2. The first-order chi connectivity index (χ1) is 16.0. The van der Waals surface area contributed by atoms with Crippen molar-refractivity contribution >= 4 is 41.1 Å². The number of nitrogens with zero attached hydrogens (tertiary/aromatic N) is 4. The number of nitrogens with one attached hydrogen (secondary N) is 2. The van der Waals surface area contributed by atoms with Gasteiger partial charge in [0.15, 0.2) is 5.16 Å². The molecule has 11 heteroatoms. The number of halogens is 1. The van der Waals surface area contributed by atoms with Gasteiger partial charge < -0.3 is 9.64 Å². The topological polar surface area (TPSA) is 101 Å². The molecule has 2 N–H and O–H groups in total. The Hall–Kier alpha value is -3.08. The van der Waals surface area contributed by atoms with E-state index in [9.17, 15) is 9.59 Å². The fraction of sp³-hybridized carbons (Fsp3) is 0.273. The maximum Gasteiger partial charge on any atom is 0.269 e. The molecule has 2 amide bonds. The standard InChI is InChI=1S/C22H23ClN6O3S/c1-15-3-2-4-18(13-15)29-21(28-9-11-32-12-10-28)26-27-22(29)33-14-19(30)24-25-20(31)16-5-7-17(23)8-6-16/h2-8,13H,9-12,14H2,1H3,(H,24,30)(H,25,31). The van der Waals surface area contributed by atoms with E-state index in [0.29, 0.717) is 48.0 Å². The van der Waals surface area contributed by atoms with Crippen LogP contribution >= 0.6 is 23.4 Å². The molecule has 2 heterocycles. The summed E-state index contributed by atoms with van der Waals surface area (Å²) in [7, 11) is 0. The van der Waals surface area contributed by atoms with Gasteiger partial charge in [-0.2, -0.15) is 0 Å². The van der Waals surface area contributed by atoms with Crippen LogP contribution in [0.25, 0.3) is 5.69 Å². The lowest BCUT2D eigenvalue weighted by molar-refractivity contribution is -0.119. The minimum atomic E-state index is -0.428. The smallest absolute Gasteiger partial charge is 0.269 e. The van der Waals surface area contributed by atoms with Crippen molar-refractivity contribution in [3.8, 4) is 5.69 Å². The second-order valence-electron chi connectivity index (χ2n) is 7.35. The number of hydrogen-bond acceptors (Lipinski definition) is 7. The Morgan fingerprint density at radius 2 is 1.85 bits per heavy atom. The zero-order chi connectivity index (χ0) is 23.2. The van der Waals surface area contributed by atoms with Crippen molar-refractivity contribution in [1.29, 1.82) is 0 Å². The van der Waals surface area contributed by atoms with E-state index in [-0.39, 0.29) is 11.7 Å². The van der Waals surface area contributed by atoms with Crippen LogP contribution in [0.15, 0.2) is 53.7 Å². The third kappa shape index (κ3) is 5.84. The van der Waals surface area contributed by atoms with Crippen molar-refractivity contribution in [2.75, 3.05) is 37.0 Å². The van der Waals surface area contributed by atoms with Gasteiger partial charge in [-0.05, 0) is 48.9 Å². The largest absolute Gasteiger partial charge is 0.378 e. The van der Waals surface area contributed by atoms with Gasteiger partial charge in [-0.15, -0.1) is 10.2 Å². The van der Waals surface area contributed by atoms with E-state index < -0.39 is 5.91 Å². The number of aryl methyl sites for hydroxylation is 1. The number of hydrogen-bond donors (Lipinski definition) is 2. The highest BCUT2D eigenvalue weighted by Crippen LogP contribution is 2.27. The molecule has 2 aromatic carbocycles. The number of rotatable bonds is 6. The molecule has 1 aliphatic heterocycles. The van der Waals surface area contributed by atoms with Crippen LogP contribution in [0, 0.1) is 6.92 Å². The zero-order valence-electron chi connectivity index (χ0n) is 18.0. The van der Waals surface area contributed by atoms with E-state index in [1.165, 1.54) is 11.8 Å². The summed E-state index contributed by atoms with van der Waals surface area (Å²) in [5.41, 5.74) is 7.24. The van der Waals surface area contributed by atoms with E-state index in [2.05, 4.69) is 25.9 Å². The van der Waals surface area contributed by atoms with Crippen LogP contribution in [-0.4, -0.2) is 58.6 Å². The minimum absolute atomic E-state index is 0.0496. The number of ether oxygens (including phenoxy) is 1. The number of amides is 2. The molecular weight excluding hydrogens is 464 g/mol. The zero-order valence-corrected chi connectivity index (χ0v) is 19.5. The third-order valence-corrected chi connectivity index (χ3v) is 6.11. The lowest BCUT2D eigenvalue weighted by Crippen LogP contribution is -2.42. The Kier molecular flexibility index (Phi) is 7.48. The summed E-state index contributed by atoms with van der Waals surface area (Å²) < 4.78 is 7.40. The molecule has 9 nitrogen and oxygen atoms in total. The van der Waals surface area contributed by atoms with Gasteiger partial charge in [0.25, 0.3) is 5.91 Å². The monoisotopic (exact) mass is 486 g/mol. The average Bonchev–Trinajstić information content (AvgIpc) is 3.26. The number of hydrazine groups is 1. The second kappa shape index (κ2) is 10.7. The first kappa shape index (κ1) is 23.1. The molecule has 1 fully saturated rings. The van der Waals surface area contributed by atoms with Crippen LogP contribution < -0.4 is 15.8 Å². The van der Waals surface area contributed by atoms with Crippen molar-refractivity contribution in [2.24, 2.45) is 0 Å². The summed E-state index contributed by atoms with van der Waals surface area (Å²) in [6.45, 7) is 4.70. The summed E-state index contributed by atoms with van der Waals surface area (Å²) >= 11 is 7.07. The molecule has 172 valence electrons. The van der Waals surface area contributed by atoms with Gasteiger partial charge in [0, 0.05) is 23.7 Å². The van der Waals surface area contributed by atoms with Crippen molar-refractivity contribution < 1.29 is 14.3 Å². The van der Waals surface area contributed by atoms with Crippen molar-refractivity contribution in [3.63, 3.8) is 0 Å². The molecule has 0 unspecified atom stereocenters. The number of carbonyl (C=O) groups excluding carboxylic acids is 2. The maximum absolute atomic E-state index is 12.4. The normalized spacial score (nSPS) is 13.6. The molecular formula is C22H23ClN6O3S.